The monoisotopic (exact) mass is 290 g/mol. The highest BCUT2D eigenvalue weighted by molar-refractivity contribution is 6.34. The van der Waals surface area contributed by atoms with Gasteiger partial charge in [-0.05, 0) is 37.6 Å². The summed E-state index contributed by atoms with van der Waals surface area (Å²) in [6.07, 6.45) is 1.47. The van der Waals surface area contributed by atoms with Gasteiger partial charge in [0.15, 0.2) is 0 Å². The number of amides is 1. The third-order valence-electron chi connectivity index (χ3n) is 2.81. The van der Waals surface area contributed by atoms with Crippen molar-refractivity contribution in [2.75, 3.05) is 10.7 Å². The molecule has 0 aliphatic heterocycles. The minimum Gasteiger partial charge on any atom is -0.323 e. The number of carbonyl (C=O) groups excluding carboxylic acids is 1. The number of anilines is 2. The largest absolute Gasteiger partial charge is 0.323 e. The van der Waals surface area contributed by atoms with Crippen molar-refractivity contribution in [3.63, 3.8) is 0 Å². The SMILES string of the molecule is Cc1ccc(NC(=O)c2cnc(C)cc2NN)c(Cl)c1. The molecule has 0 radical (unpaired) electrons. The number of nitrogens with two attached hydrogens (primary N) is 1. The maximum atomic E-state index is 12.2. The van der Waals surface area contributed by atoms with Gasteiger partial charge in [0.05, 0.1) is 22.0 Å². The molecule has 1 aromatic heterocycles. The first-order valence-electron chi connectivity index (χ1n) is 6.02. The van der Waals surface area contributed by atoms with Gasteiger partial charge in [0, 0.05) is 11.9 Å². The molecule has 1 heterocycles. The van der Waals surface area contributed by atoms with Crippen LogP contribution in [-0.4, -0.2) is 10.9 Å². The van der Waals surface area contributed by atoms with Crippen LogP contribution in [0.3, 0.4) is 0 Å². The molecule has 0 saturated heterocycles. The van der Waals surface area contributed by atoms with E-state index in [4.69, 9.17) is 17.4 Å². The van der Waals surface area contributed by atoms with Crippen LogP contribution in [-0.2, 0) is 0 Å². The number of halogens is 1. The van der Waals surface area contributed by atoms with E-state index in [1.165, 1.54) is 6.20 Å². The van der Waals surface area contributed by atoms with Crippen LogP contribution in [0.2, 0.25) is 5.02 Å². The first kappa shape index (κ1) is 14.3. The molecular formula is C14H15ClN4O. The number of nitrogen functional groups attached to an aromatic ring is 1. The Morgan fingerprint density at radius 2 is 2.00 bits per heavy atom. The maximum absolute atomic E-state index is 12.2. The number of carbonyl (C=O) groups is 1. The van der Waals surface area contributed by atoms with Crippen molar-refractivity contribution in [2.24, 2.45) is 5.84 Å². The summed E-state index contributed by atoms with van der Waals surface area (Å²) in [5.41, 5.74) is 5.70. The zero-order valence-corrected chi connectivity index (χ0v) is 12.0. The van der Waals surface area contributed by atoms with E-state index < -0.39 is 0 Å². The topological polar surface area (TPSA) is 80.0 Å². The Labute approximate surface area is 122 Å². The molecule has 0 saturated carbocycles. The molecule has 0 bridgehead atoms. The second kappa shape index (κ2) is 5.90. The van der Waals surface area contributed by atoms with Crippen molar-refractivity contribution in [1.82, 2.24) is 4.98 Å². The van der Waals surface area contributed by atoms with Gasteiger partial charge in [0.1, 0.15) is 0 Å². The Hall–Kier alpha value is -2.11. The van der Waals surface area contributed by atoms with Gasteiger partial charge in [-0.1, -0.05) is 17.7 Å². The molecule has 1 amide bonds. The quantitative estimate of drug-likeness (QED) is 0.600. The van der Waals surface area contributed by atoms with Crippen LogP contribution >= 0.6 is 11.6 Å². The lowest BCUT2D eigenvalue weighted by atomic mass is 10.2. The Balaban J connectivity index is 2.28. The number of aryl methyl sites for hydroxylation is 2. The standard InChI is InChI=1S/C14H15ClN4O/c1-8-3-4-12(11(15)5-8)18-14(20)10-7-17-9(2)6-13(10)19-16/h3-7H,16H2,1-2H3,(H,17,19)(H,18,20). The van der Waals surface area contributed by atoms with E-state index in [0.717, 1.165) is 11.3 Å². The molecule has 0 aliphatic rings. The van der Waals surface area contributed by atoms with Crippen LogP contribution in [0.15, 0.2) is 30.5 Å². The van der Waals surface area contributed by atoms with Crippen LogP contribution in [0.5, 0.6) is 0 Å². The minimum atomic E-state index is -0.323. The van der Waals surface area contributed by atoms with E-state index in [2.05, 4.69) is 15.7 Å². The summed E-state index contributed by atoms with van der Waals surface area (Å²) in [4.78, 5) is 16.3. The van der Waals surface area contributed by atoms with Gasteiger partial charge in [0.25, 0.3) is 5.91 Å². The number of aromatic nitrogens is 1. The van der Waals surface area contributed by atoms with E-state index in [1.54, 1.807) is 18.2 Å². The van der Waals surface area contributed by atoms with Crippen LogP contribution in [0.4, 0.5) is 11.4 Å². The average molecular weight is 291 g/mol. The second-order valence-corrected chi connectivity index (χ2v) is 4.86. The average Bonchev–Trinajstić information content (AvgIpc) is 2.41. The fraction of sp³-hybridized carbons (Fsp3) is 0.143. The fourth-order valence-corrected chi connectivity index (χ4v) is 2.05. The molecule has 2 rings (SSSR count). The molecule has 0 unspecified atom stereocenters. The van der Waals surface area contributed by atoms with Crippen molar-refractivity contribution < 1.29 is 4.79 Å². The highest BCUT2D eigenvalue weighted by atomic mass is 35.5. The molecule has 0 atom stereocenters. The Kier molecular flexibility index (Phi) is 4.22. The maximum Gasteiger partial charge on any atom is 0.259 e. The molecule has 0 spiro atoms. The highest BCUT2D eigenvalue weighted by Crippen LogP contribution is 2.24. The third-order valence-corrected chi connectivity index (χ3v) is 3.13. The number of pyridine rings is 1. The number of nitrogens with zero attached hydrogens (tertiary/aromatic N) is 1. The number of benzene rings is 1. The molecule has 0 fully saturated rings. The number of rotatable bonds is 3. The van der Waals surface area contributed by atoms with Crippen LogP contribution < -0.4 is 16.6 Å². The summed E-state index contributed by atoms with van der Waals surface area (Å²) < 4.78 is 0. The Morgan fingerprint density at radius 1 is 1.25 bits per heavy atom. The van der Waals surface area contributed by atoms with Gasteiger partial charge < -0.3 is 10.7 Å². The molecule has 1 aromatic carbocycles. The van der Waals surface area contributed by atoms with Gasteiger partial charge in [-0.15, -0.1) is 0 Å². The van der Waals surface area contributed by atoms with Gasteiger partial charge in [0.2, 0.25) is 0 Å². The highest BCUT2D eigenvalue weighted by Gasteiger charge is 2.13. The van der Waals surface area contributed by atoms with Gasteiger partial charge in [-0.2, -0.15) is 0 Å². The predicted octanol–water partition coefficient (Wildman–Crippen LogP) is 2.89. The smallest absolute Gasteiger partial charge is 0.259 e. The van der Waals surface area contributed by atoms with Crippen molar-refractivity contribution in [3.8, 4) is 0 Å². The molecule has 4 N–H and O–H groups in total. The summed E-state index contributed by atoms with van der Waals surface area (Å²) in [6, 6.07) is 7.11. The first-order valence-corrected chi connectivity index (χ1v) is 6.40. The van der Waals surface area contributed by atoms with E-state index in [-0.39, 0.29) is 5.91 Å². The summed E-state index contributed by atoms with van der Waals surface area (Å²) in [6.45, 7) is 3.75. The zero-order chi connectivity index (χ0) is 14.7. The van der Waals surface area contributed by atoms with Crippen LogP contribution in [0.1, 0.15) is 21.6 Å². The number of nitrogens with one attached hydrogen (secondary N) is 2. The summed E-state index contributed by atoms with van der Waals surface area (Å²) in [5.74, 6) is 5.09. The minimum absolute atomic E-state index is 0.323. The Bertz CT molecular complexity index is 658. The molecular weight excluding hydrogens is 276 g/mol. The van der Waals surface area contributed by atoms with E-state index in [9.17, 15) is 4.79 Å². The molecule has 2 aromatic rings. The van der Waals surface area contributed by atoms with E-state index in [0.29, 0.717) is 22.0 Å². The molecule has 104 valence electrons. The van der Waals surface area contributed by atoms with Crippen molar-refractivity contribution in [3.05, 3.63) is 52.3 Å². The van der Waals surface area contributed by atoms with Crippen molar-refractivity contribution >= 4 is 28.9 Å². The molecule has 6 heteroatoms. The zero-order valence-electron chi connectivity index (χ0n) is 11.2. The lowest BCUT2D eigenvalue weighted by molar-refractivity contribution is 0.102. The van der Waals surface area contributed by atoms with Crippen molar-refractivity contribution in [1.29, 1.82) is 0 Å². The van der Waals surface area contributed by atoms with Gasteiger partial charge in [-0.25, -0.2) is 0 Å². The molecule has 20 heavy (non-hydrogen) atoms. The lowest BCUT2D eigenvalue weighted by Gasteiger charge is -2.11. The number of hydrogen-bond donors (Lipinski definition) is 3. The van der Waals surface area contributed by atoms with E-state index >= 15 is 0 Å². The van der Waals surface area contributed by atoms with E-state index in [1.807, 2.05) is 19.9 Å². The summed E-state index contributed by atoms with van der Waals surface area (Å²) in [7, 11) is 0. The van der Waals surface area contributed by atoms with Gasteiger partial charge >= 0.3 is 0 Å². The van der Waals surface area contributed by atoms with Crippen molar-refractivity contribution in [2.45, 2.75) is 13.8 Å². The first-order chi connectivity index (χ1) is 9.51. The number of hydrazine groups is 1. The van der Waals surface area contributed by atoms with Crippen LogP contribution in [0.25, 0.3) is 0 Å². The Morgan fingerprint density at radius 3 is 2.65 bits per heavy atom. The molecule has 5 nitrogen and oxygen atoms in total. The lowest BCUT2D eigenvalue weighted by Crippen LogP contribution is -2.18. The second-order valence-electron chi connectivity index (χ2n) is 4.45. The normalized spacial score (nSPS) is 10.2. The molecule has 0 aliphatic carbocycles. The van der Waals surface area contributed by atoms with Gasteiger partial charge in [-0.3, -0.25) is 15.6 Å². The number of hydrogen-bond acceptors (Lipinski definition) is 4. The third kappa shape index (κ3) is 3.07. The van der Waals surface area contributed by atoms with Crippen LogP contribution in [0, 0.1) is 13.8 Å². The predicted molar refractivity (Wildman–Crippen MR) is 80.9 cm³/mol. The summed E-state index contributed by atoms with van der Waals surface area (Å²) >= 11 is 6.09. The fourth-order valence-electron chi connectivity index (χ4n) is 1.77. The summed E-state index contributed by atoms with van der Waals surface area (Å²) in [5, 5.41) is 3.23.